The first-order valence-electron chi connectivity index (χ1n) is 4.13. The van der Waals surface area contributed by atoms with E-state index in [2.05, 4.69) is 20.7 Å². The van der Waals surface area contributed by atoms with E-state index in [1.807, 2.05) is 0 Å². The molecule has 0 amide bonds. The lowest BCUT2D eigenvalue weighted by Gasteiger charge is -2.08. The number of rotatable bonds is 4. The van der Waals surface area contributed by atoms with Gasteiger partial charge in [-0.1, -0.05) is 6.07 Å². The first-order chi connectivity index (χ1) is 6.99. The third-order valence-corrected chi connectivity index (χ3v) is 4.08. The highest BCUT2D eigenvalue weighted by molar-refractivity contribution is 9.10. The van der Waals surface area contributed by atoms with Crippen LogP contribution < -0.4 is 10.5 Å². The number of benzene rings is 1. The Kier molecular flexibility index (Phi) is 4.21. The lowest BCUT2D eigenvalue weighted by Crippen LogP contribution is -2.30. The zero-order valence-electron chi connectivity index (χ0n) is 7.70. The van der Waals surface area contributed by atoms with Crippen molar-refractivity contribution in [2.75, 3.05) is 13.1 Å². The van der Waals surface area contributed by atoms with E-state index >= 15 is 0 Å². The summed E-state index contributed by atoms with van der Waals surface area (Å²) in [4.78, 5) is -0.390. The van der Waals surface area contributed by atoms with Gasteiger partial charge in [-0.3, -0.25) is 0 Å². The third-order valence-electron chi connectivity index (χ3n) is 1.62. The molecule has 0 spiro atoms. The van der Waals surface area contributed by atoms with E-state index < -0.39 is 20.7 Å². The van der Waals surface area contributed by atoms with Gasteiger partial charge in [-0.2, -0.15) is 0 Å². The number of hydrogen-bond acceptors (Lipinski definition) is 3. The van der Waals surface area contributed by atoms with Crippen molar-refractivity contribution in [3.8, 4) is 0 Å². The zero-order valence-corrected chi connectivity index (χ0v) is 10.1. The topological polar surface area (TPSA) is 72.2 Å². The molecule has 3 N–H and O–H groups in total. The second-order valence-corrected chi connectivity index (χ2v) is 5.30. The van der Waals surface area contributed by atoms with Crippen LogP contribution >= 0.6 is 15.9 Å². The minimum Gasteiger partial charge on any atom is -0.329 e. The largest absolute Gasteiger partial charge is 0.329 e. The van der Waals surface area contributed by atoms with E-state index in [9.17, 15) is 12.8 Å². The second-order valence-electron chi connectivity index (χ2n) is 2.74. The Hall–Kier alpha value is -0.500. The van der Waals surface area contributed by atoms with Gasteiger partial charge >= 0.3 is 0 Å². The summed E-state index contributed by atoms with van der Waals surface area (Å²) in [5, 5.41) is 0. The van der Waals surface area contributed by atoms with Crippen molar-refractivity contribution in [3.05, 3.63) is 28.5 Å². The highest BCUT2D eigenvalue weighted by atomic mass is 79.9. The van der Waals surface area contributed by atoms with Crippen molar-refractivity contribution >= 4 is 26.0 Å². The molecule has 84 valence electrons. The fourth-order valence-electron chi connectivity index (χ4n) is 1.00. The van der Waals surface area contributed by atoms with E-state index in [1.165, 1.54) is 12.1 Å². The van der Waals surface area contributed by atoms with E-state index in [-0.39, 0.29) is 17.6 Å². The van der Waals surface area contributed by atoms with Gasteiger partial charge in [0.05, 0.1) is 0 Å². The van der Waals surface area contributed by atoms with Gasteiger partial charge in [0, 0.05) is 17.6 Å². The summed E-state index contributed by atoms with van der Waals surface area (Å²) in [6.07, 6.45) is 0. The molecule has 0 aliphatic rings. The minimum atomic E-state index is -3.84. The molecule has 1 aromatic rings. The van der Waals surface area contributed by atoms with Gasteiger partial charge < -0.3 is 5.73 Å². The highest BCUT2D eigenvalue weighted by Crippen LogP contribution is 2.24. The standard InChI is InChI=1S/C8H10BrFN2O2S/c9-6-2-1-3-7(10)8(6)15(13,14)12-5-4-11/h1-3,12H,4-5,11H2. The summed E-state index contributed by atoms with van der Waals surface area (Å²) in [6.45, 7) is 0.231. The van der Waals surface area contributed by atoms with Crippen LogP contribution in [0, 0.1) is 5.82 Å². The molecule has 0 radical (unpaired) electrons. The van der Waals surface area contributed by atoms with E-state index in [4.69, 9.17) is 5.73 Å². The molecule has 0 saturated carbocycles. The number of nitrogens with one attached hydrogen (secondary N) is 1. The molecular formula is C8H10BrFN2O2S. The van der Waals surface area contributed by atoms with Gasteiger partial charge in [0.15, 0.2) is 0 Å². The van der Waals surface area contributed by atoms with E-state index in [0.717, 1.165) is 6.07 Å². The first kappa shape index (κ1) is 12.6. The highest BCUT2D eigenvalue weighted by Gasteiger charge is 2.21. The van der Waals surface area contributed by atoms with Crippen LogP contribution in [0.15, 0.2) is 27.6 Å². The second kappa shape index (κ2) is 5.02. The molecule has 0 saturated heterocycles. The predicted molar refractivity (Wildman–Crippen MR) is 58.3 cm³/mol. The molecule has 0 aromatic heterocycles. The smallest absolute Gasteiger partial charge is 0.244 e. The van der Waals surface area contributed by atoms with Gasteiger partial charge in [-0.15, -0.1) is 0 Å². The predicted octanol–water partition coefficient (Wildman–Crippen LogP) is 0.825. The Balaban J connectivity index is 3.15. The fourth-order valence-corrected chi connectivity index (χ4v) is 3.17. The zero-order chi connectivity index (χ0) is 11.5. The van der Waals surface area contributed by atoms with Crippen LogP contribution in [0.2, 0.25) is 0 Å². The normalized spacial score (nSPS) is 11.7. The number of sulfonamides is 1. The van der Waals surface area contributed by atoms with Crippen LogP contribution in [0.25, 0.3) is 0 Å². The molecule has 0 aliphatic heterocycles. The molecule has 1 aromatic carbocycles. The third kappa shape index (κ3) is 2.97. The van der Waals surface area contributed by atoms with Gasteiger partial charge in [-0.05, 0) is 28.1 Å². The molecule has 15 heavy (non-hydrogen) atoms. The van der Waals surface area contributed by atoms with Crippen LogP contribution in [-0.2, 0) is 10.0 Å². The first-order valence-corrected chi connectivity index (χ1v) is 6.40. The monoisotopic (exact) mass is 296 g/mol. The molecule has 0 aliphatic carbocycles. The molecule has 0 heterocycles. The maximum Gasteiger partial charge on any atom is 0.244 e. The van der Waals surface area contributed by atoms with Crippen LogP contribution in [-0.4, -0.2) is 21.5 Å². The van der Waals surface area contributed by atoms with Crippen molar-refractivity contribution in [2.45, 2.75) is 4.90 Å². The number of hydrogen-bond donors (Lipinski definition) is 2. The molecule has 7 heteroatoms. The van der Waals surface area contributed by atoms with Crippen molar-refractivity contribution < 1.29 is 12.8 Å². The van der Waals surface area contributed by atoms with Crippen molar-refractivity contribution in [1.82, 2.24) is 4.72 Å². The Labute approximate surface area is 95.8 Å². The average molecular weight is 297 g/mol. The lowest BCUT2D eigenvalue weighted by molar-refractivity contribution is 0.556. The fraction of sp³-hybridized carbons (Fsp3) is 0.250. The Morgan fingerprint density at radius 1 is 1.47 bits per heavy atom. The maximum absolute atomic E-state index is 13.3. The van der Waals surface area contributed by atoms with Gasteiger partial charge in [0.25, 0.3) is 0 Å². The minimum absolute atomic E-state index is 0.0725. The summed E-state index contributed by atoms with van der Waals surface area (Å²) in [7, 11) is -3.84. The summed E-state index contributed by atoms with van der Waals surface area (Å²) in [5.41, 5.74) is 5.16. The maximum atomic E-state index is 13.3. The Bertz CT molecular complexity index is 430. The Morgan fingerprint density at radius 2 is 2.13 bits per heavy atom. The molecular weight excluding hydrogens is 287 g/mol. The summed E-state index contributed by atoms with van der Waals surface area (Å²) in [6, 6.07) is 3.96. The van der Waals surface area contributed by atoms with Crippen molar-refractivity contribution in [3.63, 3.8) is 0 Å². The Morgan fingerprint density at radius 3 is 2.67 bits per heavy atom. The number of halogens is 2. The van der Waals surface area contributed by atoms with E-state index in [0.29, 0.717) is 0 Å². The van der Waals surface area contributed by atoms with Crippen LogP contribution in [0.4, 0.5) is 4.39 Å². The van der Waals surface area contributed by atoms with Crippen molar-refractivity contribution in [2.24, 2.45) is 5.73 Å². The molecule has 0 bridgehead atoms. The van der Waals surface area contributed by atoms with Gasteiger partial charge in [-0.25, -0.2) is 17.5 Å². The quantitative estimate of drug-likeness (QED) is 0.864. The summed E-state index contributed by atoms with van der Waals surface area (Å²) >= 11 is 2.98. The van der Waals surface area contributed by atoms with Gasteiger partial charge in [0.1, 0.15) is 10.7 Å². The molecule has 0 atom stereocenters. The van der Waals surface area contributed by atoms with E-state index in [1.54, 1.807) is 0 Å². The number of nitrogens with two attached hydrogens (primary N) is 1. The average Bonchev–Trinajstić information content (AvgIpc) is 2.14. The van der Waals surface area contributed by atoms with Crippen LogP contribution in [0.5, 0.6) is 0 Å². The SMILES string of the molecule is NCCNS(=O)(=O)c1c(F)cccc1Br. The molecule has 0 unspecified atom stereocenters. The van der Waals surface area contributed by atoms with Crippen LogP contribution in [0.1, 0.15) is 0 Å². The molecule has 0 fully saturated rings. The molecule has 1 rings (SSSR count). The van der Waals surface area contributed by atoms with Crippen LogP contribution in [0.3, 0.4) is 0 Å². The summed E-state index contributed by atoms with van der Waals surface area (Å²) < 4.78 is 38.9. The summed E-state index contributed by atoms with van der Waals surface area (Å²) in [5.74, 6) is -0.797. The van der Waals surface area contributed by atoms with Crippen molar-refractivity contribution in [1.29, 1.82) is 0 Å². The van der Waals surface area contributed by atoms with Gasteiger partial charge in [0.2, 0.25) is 10.0 Å². The molecule has 4 nitrogen and oxygen atoms in total. The lowest BCUT2D eigenvalue weighted by atomic mass is 10.3.